The van der Waals surface area contributed by atoms with E-state index in [2.05, 4.69) is 20.7 Å². The maximum Gasteiger partial charge on any atom is 0.303 e. The normalized spacial score (nSPS) is 30.5. The van der Waals surface area contributed by atoms with Crippen LogP contribution in [0.4, 0.5) is 0 Å². The maximum atomic E-state index is 11.0. The van der Waals surface area contributed by atoms with Gasteiger partial charge in [0.25, 0.3) is 0 Å². The van der Waals surface area contributed by atoms with Crippen LogP contribution in [0.5, 0.6) is 0 Å². The number of carbonyl (C=O) groups is 2. The molecule has 0 saturated carbocycles. The van der Waals surface area contributed by atoms with Gasteiger partial charge in [0, 0.05) is 6.92 Å². The molecule has 1 heterocycles. The zero-order valence-electron chi connectivity index (χ0n) is 5.87. The molecule has 0 aromatic rings. The first-order chi connectivity index (χ1) is 5.11. The minimum absolute atomic E-state index is 0.147. The van der Waals surface area contributed by atoms with Crippen LogP contribution < -0.4 is 0 Å². The molecule has 1 aliphatic heterocycles. The van der Waals surface area contributed by atoms with E-state index in [0.29, 0.717) is 0 Å². The molecule has 4 nitrogen and oxygen atoms in total. The smallest absolute Gasteiger partial charge is 0.303 e. The fourth-order valence-corrected chi connectivity index (χ4v) is 1.22. The van der Waals surface area contributed by atoms with Crippen LogP contribution in [0.2, 0.25) is 0 Å². The fraction of sp³-hybridized carbons (Fsp3) is 0.667. The minimum Gasteiger partial charge on any atom is -0.452 e. The Hall–Kier alpha value is -0.420. The van der Waals surface area contributed by atoms with E-state index in [0.717, 1.165) is 0 Å². The first kappa shape index (κ1) is 8.67. The molecule has 0 aromatic carbocycles. The van der Waals surface area contributed by atoms with E-state index >= 15 is 0 Å². The van der Waals surface area contributed by atoms with Crippen LogP contribution in [0.1, 0.15) is 6.92 Å². The van der Waals surface area contributed by atoms with Gasteiger partial charge < -0.3 is 9.47 Å². The van der Waals surface area contributed by atoms with Crippen molar-refractivity contribution in [3.63, 3.8) is 0 Å². The second kappa shape index (κ2) is 3.32. The molecule has 1 fully saturated rings. The highest BCUT2D eigenvalue weighted by atomic mass is 79.9. The Bertz CT molecular complexity index is 191. The Morgan fingerprint density at radius 3 is 2.82 bits per heavy atom. The van der Waals surface area contributed by atoms with Crippen molar-refractivity contribution in [1.29, 1.82) is 0 Å². The summed E-state index contributed by atoms with van der Waals surface area (Å²) in [6.07, 6.45) is -0.725. The van der Waals surface area contributed by atoms with Crippen molar-refractivity contribution in [3.05, 3.63) is 0 Å². The summed E-state index contributed by atoms with van der Waals surface area (Å²) in [4.78, 5) is 21.4. The Morgan fingerprint density at radius 2 is 2.45 bits per heavy atom. The highest BCUT2D eigenvalue weighted by Gasteiger charge is 2.35. The molecular weight excluding hydrogens is 216 g/mol. The largest absolute Gasteiger partial charge is 0.452 e. The predicted octanol–water partition coefficient (Wildman–Crippen LogP) is 0.238. The molecule has 0 radical (unpaired) electrons. The standard InChI is InChI=1S/C6H7BrO4/c1-3(8)11-4-2-10-6(7)5(4)9/h4,6H,2H2,1H3/t4-,6?/m0/s1. The molecule has 0 amide bonds. The quantitative estimate of drug-likeness (QED) is 0.472. The van der Waals surface area contributed by atoms with Gasteiger partial charge in [-0.25, -0.2) is 0 Å². The summed E-state index contributed by atoms with van der Waals surface area (Å²) >= 11 is 2.97. The van der Waals surface area contributed by atoms with E-state index in [9.17, 15) is 9.59 Å². The van der Waals surface area contributed by atoms with E-state index in [-0.39, 0.29) is 12.4 Å². The van der Waals surface area contributed by atoms with Crippen LogP contribution in [0.3, 0.4) is 0 Å². The lowest BCUT2D eigenvalue weighted by Crippen LogP contribution is -2.25. The molecule has 5 heteroatoms. The van der Waals surface area contributed by atoms with Gasteiger partial charge >= 0.3 is 5.97 Å². The minimum atomic E-state index is -0.725. The van der Waals surface area contributed by atoms with Gasteiger partial charge in [-0.1, -0.05) is 0 Å². The molecule has 1 unspecified atom stereocenters. The molecule has 62 valence electrons. The predicted molar refractivity (Wildman–Crippen MR) is 39.2 cm³/mol. The molecule has 0 aromatic heterocycles. The van der Waals surface area contributed by atoms with Gasteiger partial charge in [0.05, 0.1) is 6.61 Å². The number of ketones is 1. The third kappa shape index (κ3) is 2.00. The molecule has 0 spiro atoms. The van der Waals surface area contributed by atoms with Crippen molar-refractivity contribution < 1.29 is 19.1 Å². The molecule has 2 atom stereocenters. The Kier molecular flexibility index (Phi) is 2.62. The van der Waals surface area contributed by atoms with Crippen LogP contribution in [0.25, 0.3) is 0 Å². The van der Waals surface area contributed by atoms with Crippen molar-refractivity contribution in [2.45, 2.75) is 18.0 Å². The van der Waals surface area contributed by atoms with Crippen molar-refractivity contribution in [3.8, 4) is 0 Å². The third-order valence-corrected chi connectivity index (χ3v) is 1.96. The van der Waals surface area contributed by atoms with E-state index in [1.54, 1.807) is 0 Å². The molecule has 1 saturated heterocycles. The molecule has 0 aliphatic carbocycles. The van der Waals surface area contributed by atoms with Crippen LogP contribution in [0.15, 0.2) is 0 Å². The second-order valence-corrected chi connectivity index (χ2v) is 2.98. The maximum absolute atomic E-state index is 11.0. The topological polar surface area (TPSA) is 52.6 Å². The summed E-state index contributed by atoms with van der Waals surface area (Å²) in [5, 5.41) is -0.619. The average Bonchev–Trinajstić information content (AvgIpc) is 2.18. The summed E-state index contributed by atoms with van der Waals surface area (Å²) in [6.45, 7) is 1.41. The number of hydrogen-bond acceptors (Lipinski definition) is 4. The van der Waals surface area contributed by atoms with Crippen LogP contribution in [-0.2, 0) is 19.1 Å². The highest BCUT2D eigenvalue weighted by Crippen LogP contribution is 2.16. The first-order valence-electron chi connectivity index (χ1n) is 3.08. The Morgan fingerprint density at radius 1 is 1.82 bits per heavy atom. The third-order valence-electron chi connectivity index (χ3n) is 1.24. The second-order valence-electron chi connectivity index (χ2n) is 2.15. The molecule has 1 aliphatic rings. The molecule has 1 rings (SSSR count). The zero-order valence-corrected chi connectivity index (χ0v) is 7.46. The number of ether oxygens (including phenoxy) is 2. The zero-order chi connectivity index (χ0) is 8.43. The van der Waals surface area contributed by atoms with Crippen LogP contribution in [-0.4, -0.2) is 29.5 Å². The molecule has 11 heavy (non-hydrogen) atoms. The average molecular weight is 223 g/mol. The fourth-order valence-electron chi connectivity index (χ4n) is 0.775. The van der Waals surface area contributed by atoms with E-state index in [1.807, 2.05) is 0 Å². The number of esters is 1. The summed E-state index contributed by atoms with van der Waals surface area (Å²) in [5.41, 5.74) is 0. The lowest BCUT2D eigenvalue weighted by atomic mass is 10.3. The SMILES string of the molecule is CC(=O)O[C@H]1COC(Br)C1=O. The van der Waals surface area contributed by atoms with Gasteiger partial charge in [0.2, 0.25) is 5.78 Å². The molecule has 0 bridgehead atoms. The van der Waals surface area contributed by atoms with Gasteiger partial charge in [-0.15, -0.1) is 0 Å². The number of carbonyl (C=O) groups excluding carboxylic acids is 2. The van der Waals surface area contributed by atoms with E-state index in [4.69, 9.17) is 4.74 Å². The van der Waals surface area contributed by atoms with Gasteiger partial charge in [-0.2, -0.15) is 0 Å². The number of halogens is 1. The Labute approximate surface area is 72.0 Å². The number of Topliss-reactive ketones (excluding diaryl/α,β-unsaturated/α-hetero) is 1. The monoisotopic (exact) mass is 222 g/mol. The molecular formula is C6H7BrO4. The van der Waals surface area contributed by atoms with Gasteiger partial charge in [-0.05, 0) is 15.9 Å². The lowest BCUT2D eigenvalue weighted by Gasteiger charge is -2.04. The summed E-state index contributed by atoms with van der Waals surface area (Å²) in [6, 6.07) is 0. The number of alkyl halides is 1. The highest BCUT2D eigenvalue weighted by molar-refractivity contribution is 9.09. The van der Waals surface area contributed by atoms with Crippen LogP contribution in [0, 0.1) is 0 Å². The Balaban J connectivity index is 2.49. The van der Waals surface area contributed by atoms with Crippen LogP contribution >= 0.6 is 15.9 Å². The number of hydrogen-bond donors (Lipinski definition) is 0. The molecule has 0 N–H and O–H groups in total. The van der Waals surface area contributed by atoms with Gasteiger partial charge in [-0.3, -0.25) is 9.59 Å². The van der Waals surface area contributed by atoms with Gasteiger partial charge in [0.15, 0.2) is 11.1 Å². The van der Waals surface area contributed by atoms with E-state index in [1.165, 1.54) is 6.92 Å². The van der Waals surface area contributed by atoms with Crippen molar-refractivity contribution in [1.82, 2.24) is 0 Å². The summed E-state index contributed by atoms with van der Waals surface area (Å²) in [5.74, 6) is -0.700. The summed E-state index contributed by atoms with van der Waals surface area (Å²) in [7, 11) is 0. The van der Waals surface area contributed by atoms with Crippen molar-refractivity contribution in [2.75, 3.05) is 6.61 Å². The number of rotatable bonds is 1. The first-order valence-corrected chi connectivity index (χ1v) is 3.99. The lowest BCUT2D eigenvalue weighted by molar-refractivity contribution is -0.150. The van der Waals surface area contributed by atoms with Crippen molar-refractivity contribution in [2.24, 2.45) is 0 Å². The van der Waals surface area contributed by atoms with Gasteiger partial charge in [0.1, 0.15) is 0 Å². The summed E-state index contributed by atoms with van der Waals surface area (Å²) < 4.78 is 9.52. The van der Waals surface area contributed by atoms with Crippen molar-refractivity contribution >= 4 is 27.7 Å². The van der Waals surface area contributed by atoms with E-state index < -0.39 is 17.1 Å².